The molecule has 0 saturated carbocycles. The summed E-state index contributed by atoms with van der Waals surface area (Å²) >= 11 is 0. The SMILES string of the molecule is COc1cc2c(cn1)=NC(C)N(c1ccc(OCCCN3CCCC3)cc1)C=2O. The first-order valence-electron chi connectivity index (χ1n) is 10.2. The van der Waals surface area contributed by atoms with Gasteiger partial charge in [0.25, 0.3) is 0 Å². The van der Waals surface area contributed by atoms with Crippen molar-refractivity contribution in [1.82, 2.24) is 9.88 Å². The van der Waals surface area contributed by atoms with Crippen LogP contribution in [0.5, 0.6) is 11.6 Å². The summed E-state index contributed by atoms with van der Waals surface area (Å²) in [6, 6.07) is 9.47. The van der Waals surface area contributed by atoms with Crippen molar-refractivity contribution in [2.45, 2.75) is 32.4 Å². The maximum absolute atomic E-state index is 10.9. The van der Waals surface area contributed by atoms with Crippen molar-refractivity contribution in [3.8, 4) is 11.6 Å². The first kappa shape index (κ1) is 19.5. The van der Waals surface area contributed by atoms with E-state index in [4.69, 9.17) is 9.47 Å². The largest absolute Gasteiger partial charge is 0.494 e. The third-order valence-electron chi connectivity index (χ3n) is 5.44. The fourth-order valence-electron chi connectivity index (χ4n) is 3.91. The first-order valence-corrected chi connectivity index (χ1v) is 10.2. The predicted molar refractivity (Wildman–Crippen MR) is 112 cm³/mol. The van der Waals surface area contributed by atoms with Crippen molar-refractivity contribution in [2.75, 3.05) is 38.3 Å². The Hall–Kier alpha value is -2.80. The van der Waals surface area contributed by atoms with Crippen LogP contribution in [0.4, 0.5) is 5.69 Å². The summed E-state index contributed by atoms with van der Waals surface area (Å²) in [6.07, 6.45) is 5.05. The molecule has 2 aliphatic heterocycles. The van der Waals surface area contributed by atoms with Crippen molar-refractivity contribution in [2.24, 2.45) is 4.99 Å². The molecule has 29 heavy (non-hydrogen) atoms. The monoisotopic (exact) mass is 396 g/mol. The molecule has 2 aliphatic rings. The van der Waals surface area contributed by atoms with E-state index in [9.17, 15) is 5.11 Å². The maximum atomic E-state index is 10.9. The minimum Gasteiger partial charge on any atom is -0.494 e. The second-order valence-electron chi connectivity index (χ2n) is 7.44. The number of hydrogen-bond acceptors (Lipinski definition) is 7. The Balaban J connectivity index is 1.44. The van der Waals surface area contributed by atoms with Gasteiger partial charge in [0.1, 0.15) is 11.9 Å². The Morgan fingerprint density at radius 3 is 2.66 bits per heavy atom. The lowest BCUT2D eigenvalue weighted by Gasteiger charge is -2.30. The zero-order valence-electron chi connectivity index (χ0n) is 17.0. The van der Waals surface area contributed by atoms with Crippen LogP contribution in [0, 0.1) is 0 Å². The molecule has 3 heterocycles. The molecule has 0 radical (unpaired) electrons. The van der Waals surface area contributed by atoms with E-state index in [-0.39, 0.29) is 12.0 Å². The van der Waals surface area contributed by atoms with E-state index in [0.29, 0.717) is 23.1 Å². The van der Waals surface area contributed by atoms with E-state index in [0.717, 1.165) is 24.4 Å². The second kappa shape index (κ2) is 8.69. The molecular formula is C22H28N4O3. The van der Waals surface area contributed by atoms with Gasteiger partial charge in [-0.25, -0.2) is 4.98 Å². The lowest BCUT2D eigenvalue weighted by molar-refractivity contribution is 0.263. The number of aliphatic hydroxyl groups is 1. The number of pyridine rings is 1. The number of hydrogen-bond donors (Lipinski definition) is 1. The van der Waals surface area contributed by atoms with Crippen LogP contribution < -0.4 is 24.9 Å². The number of likely N-dealkylation sites (tertiary alicyclic amines) is 1. The molecular weight excluding hydrogens is 368 g/mol. The van der Waals surface area contributed by atoms with Gasteiger partial charge in [0.15, 0.2) is 0 Å². The lowest BCUT2D eigenvalue weighted by atomic mass is 10.2. The number of benzene rings is 1. The fourth-order valence-corrected chi connectivity index (χ4v) is 3.91. The first-order chi connectivity index (χ1) is 14.2. The molecule has 1 atom stereocenters. The molecule has 1 N–H and O–H groups in total. The highest BCUT2D eigenvalue weighted by atomic mass is 16.5. The molecule has 154 valence electrons. The quantitative estimate of drug-likeness (QED) is 0.723. The summed E-state index contributed by atoms with van der Waals surface area (Å²) in [5.74, 6) is 1.42. The van der Waals surface area contributed by atoms with Crippen LogP contribution in [0.3, 0.4) is 0 Å². The molecule has 0 aliphatic carbocycles. The van der Waals surface area contributed by atoms with Crippen molar-refractivity contribution < 1.29 is 14.6 Å². The van der Waals surface area contributed by atoms with Crippen molar-refractivity contribution in [3.63, 3.8) is 0 Å². The van der Waals surface area contributed by atoms with Gasteiger partial charge in [-0.3, -0.25) is 9.89 Å². The molecule has 1 saturated heterocycles. The molecule has 1 unspecified atom stereocenters. The molecule has 1 aromatic heterocycles. The smallest absolute Gasteiger partial charge is 0.213 e. The zero-order valence-corrected chi connectivity index (χ0v) is 17.0. The highest BCUT2D eigenvalue weighted by molar-refractivity contribution is 5.65. The Kier molecular flexibility index (Phi) is 5.85. The minimum absolute atomic E-state index is 0.141. The summed E-state index contributed by atoms with van der Waals surface area (Å²) in [4.78, 5) is 13.1. The number of methoxy groups -OCH3 is 1. The van der Waals surface area contributed by atoms with Crippen molar-refractivity contribution >= 4 is 11.6 Å². The van der Waals surface area contributed by atoms with Crippen LogP contribution in [0.1, 0.15) is 26.2 Å². The van der Waals surface area contributed by atoms with Gasteiger partial charge in [0.05, 0.1) is 30.5 Å². The van der Waals surface area contributed by atoms with Crippen LogP contribution in [0.25, 0.3) is 5.88 Å². The number of aliphatic hydroxyl groups excluding tert-OH is 1. The van der Waals surface area contributed by atoms with E-state index in [1.54, 1.807) is 24.3 Å². The van der Waals surface area contributed by atoms with E-state index in [1.165, 1.54) is 25.9 Å². The van der Waals surface area contributed by atoms with E-state index in [2.05, 4.69) is 14.9 Å². The average molecular weight is 396 g/mol. The number of fused-ring (bicyclic) bond motifs is 1. The molecule has 0 spiro atoms. The Morgan fingerprint density at radius 2 is 1.93 bits per heavy atom. The van der Waals surface area contributed by atoms with Crippen molar-refractivity contribution in [1.29, 1.82) is 0 Å². The van der Waals surface area contributed by atoms with E-state index in [1.807, 2.05) is 31.2 Å². The van der Waals surface area contributed by atoms with Crippen LogP contribution in [0.2, 0.25) is 0 Å². The molecule has 7 nitrogen and oxygen atoms in total. The molecule has 0 bridgehead atoms. The standard InChI is InChI=1S/C22H28N4O3/c1-16-24-20-15-23-21(28-2)14-19(20)22(27)26(16)17-6-8-18(9-7-17)29-13-5-12-25-10-3-4-11-25/h6-9,14-16,27H,3-5,10-13H2,1-2H3. The maximum Gasteiger partial charge on any atom is 0.213 e. The van der Waals surface area contributed by atoms with Gasteiger partial charge < -0.3 is 19.5 Å². The summed E-state index contributed by atoms with van der Waals surface area (Å²) in [6.45, 7) is 6.19. The molecule has 1 aromatic carbocycles. The third kappa shape index (κ3) is 4.29. The lowest BCUT2D eigenvalue weighted by Crippen LogP contribution is -2.45. The predicted octanol–water partition coefficient (Wildman–Crippen LogP) is 2.06. The summed E-state index contributed by atoms with van der Waals surface area (Å²) in [5.41, 5.74) is 0.851. The van der Waals surface area contributed by atoms with Gasteiger partial charge in [-0.15, -0.1) is 0 Å². The minimum atomic E-state index is -0.245. The van der Waals surface area contributed by atoms with Gasteiger partial charge in [-0.2, -0.15) is 0 Å². The van der Waals surface area contributed by atoms with Crippen LogP contribution >= 0.6 is 0 Å². The molecule has 1 fully saturated rings. The number of nitrogens with zero attached hydrogens (tertiary/aromatic N) is 4. The van der Waals surface area contributed by atoms with Gasteiger partial charge in [-0.1, -0.05) is 0 Å². The Morgan fingerprint density at radius 1 is 1.17 bits per heavy atom. The zero-order chi connectivity index (χ0) is 20.2. The average Bonchev–Trinajstić information content (AvgIpc) is 3.26. The van der Waals surface area contributed by atoms with Gasteiger partial charge in [0.2, 0.25) is 11.8 Å². The molecule has 4 rings (SSSR count). The van der Waals surface area contributed by atoms with Crippen LogP contribution in [-0.4, -0.2) is 54.5 Å². The molecule has 0 amide bonds. The number of rotatable bonds is 7. The topological polar surface area (TPSA) is 70.4 Å². The van der Waals surface area contributed by atoms with Crippen molar-refractivity contribution in [3.05, 3.63) is 47.1 Å². The second-order valence-corrected chi connectivity index (χ2v) is 7.44. The van der Waals surface area contributed by atoms with Gasteiger partial charge >= 0.3 is 0 Å². The third-order valence-corrected chi connectivity index (χ3v) is 5.44. The summed E-state index contributed by atoms with van der Waals surface area (Å²) in [5, 5.41) is 12.1. The summed E-state index contributed by atoms with van der Waals surface area (Å²) < 4.78 is 11.1. The van der Waals surface area contributed by atoms with E-state index < -0.39 is 0 Å². The molecule has 7 heteroatoms. The van der Waals surface area contributed by atoms with Crippen LogP contribution in [0.15, 0.2) is 41.5 Å². The summed E-state index contributed by atoms with van der Waals surface area (Å²) in [7, 11) is 1.55. The normalized spacial score (nSPS) is 19.0. The Labute approximate surface area is 170 Å². The van der Waals surface area contributed by atoms with E-state index >= 15 is 0 Å². The van der Waals surface area contributed by atoms with Gasteiger partial charge in [0, 0.05) is 18.3 Å². The highest BCUT2D eigenvalue weighted by Crippen LogP contribution is 2.25. The number of aromatic nitrogens is 1. The fraction of sp³-hybridized carbons (Fsp3) is 0.455. The highest BCUT2D eigenvalue weighted by Gasteiger charge is 2.23. The Bertz CT molecular complexity index is 955. The molecule has 2 aromatic rings. The van der Waals surface area contributed by atoms with Crippen LogP contribution in [-0.2, 0) is 0 Å². The number of anilines is 1. The van der Waals surface area contributed by atoms with Gasteiger partial charge in [-0.05, 0) is 63.5 Å². The number of ether oxygens (including phenoxy) is 2.